The minimum absolute atomic E-state index is 0.0645. The molecule has 1 amide bonds. The lowest BCUT2D eigenvalue weighted by molar-refractivity contribution is -0.129. The van der Waals surface area contributed by atoms with Gasteiger partial charge in [0.15, 0.2) is 11.0 Å². The molecule has 0 aliphatic heterocycles. The van der Waals surface area contributed by atoms with Gasteiger partial charge in [-0.3, -0.25) is 4.79 Å². The average molecular weight is 419 g/mol. The number of halogens is 2. The van der Waals surface area contributed by atoms with E-state index in [1.54, 1.807) is 36.2 Å². The van der Waals surface area contributed by atoms with E-state index in [1.807, 2.05) is 30.7 Å². The molecule has 0 bridgehead atoms. The number of benzene rings is 2. The van der Waals surface area contributed by atoms with E-state index in [0.717, 1.165) is 11.1 Å². The summed E-state index contributed by atoms with van der Waals surface area (Å²) < 4.78 is 15.2. The summed E-state index contributed by atoms with van der Waals surface area (Å²) in [6, 6.07) is 13.6. The highest BCUT2D eigenvalue weighted by molar-refractivity contribution is 8.00. The van der Waals surface area contributed by atoms with Gasteiger partial charge < -0.3 is 9.47 Å². The summed E-state index contributed by atoms with van der Waals surface area (Å²) in [7, 11) is 3.57. The van der Waals surface area contributed by atoms with Gasteiger partial charge in [0.25, 0.3) is 0 Å². The van der Waals surface area contributed by atoms with Crippen LogP contribution in [-0.4, -0.2) is 37.9 Å². The highest BCUT2D eigenvalue weighted by Gasteiger charge is 2.22. The lowest BCUT2D eigenvalue weighted by atomic mass is 10.2. The first-order chi connectivity index (χ1) is 13.3. The first kappa shape index (κ1) is 20.4. The third-order valence-corrected chi connectivity index (χ3v) is 5.63. The lowest BCUT2D eigenvalue weighted by Gasteiger charge is -2.21. The number of hydrogen-bond acceptors (Lipinski definition) is 4. The van der Waals surface area contributed by atoms with Crippen molar-refractivity contribution in [1.29, 1.82) is 0 Å². The number of amides is 1. The van der Waals surface area contributed by atoms with Crippen LogP contribution in [0.15, 0.2) is 53.7 Å². The summed E-state index contributed by atoms with van der Waals surface area (Å²) in [5.41, 5.74) is 1.64. The second-order valence-corrected chi connectivity index (χ2v) is 8.20. The zero-order chi connectivity index (χ0) is 20.3. The highest BCUT2D eigenvalue weighted by Crippen LogP contribution is 2.27. The fourth-order valence-electron chi connectivity index (χ4n) is 2.77. The third-order valence-electron chi connectivity index (χ3n) is 4.25. The van der Waals surface area contributed by atoms with E-state index >= 15 is 0 Å². The van der Waals surface area contributed by atoms with Crippen molar-refractivity contribution in [1.82, 2.24) is 19.7 Å². The van der Waals surface area contributed by atoms with Crippen LogP contribution in [0, 0.1) is 5.82 Å². The summed E-state index contributed by atoms with van der Waals surface area (Å²) in [5.74, 6) is 0.326. The van der Waals surface area contributed by atoms with E-state index in [0.29, 0.717) is 22.5 Å². The summed E-state index contributed by atoms with van der Waals surface area (Å²) >= 11 is 7.27. The van der Waals surface area contributed by atoms with Gasteiger partial charge in [-0.2, -0.15) is 0 Å². The largest absolute Gasteiger partial charge is 0.340 e. The van der Waals surface area contributed by atoms with Crippen molar-refractivity contribution >= 4 is 29.3 Å². The van der Waals surface area contributed by atoms with Crippen LogP contribution in [0.25, 0.3) is 11.4 Å². The maximum atomic E-state index is 13.3. The normalized spacial score (nSPS) is 12.0. The van der Waals surface area contributed by atoms with E-state index in [9.17, 15) is 9.18 Å². The molecule has 0 saturated carbocycles. The summed E-state index contributed by atoms with van der Waals surface area (Å²) in [5, 5.41) is 9.38. The van der Waals surface area contributed by atoms with Crippen molar-refractivity contribution < 1.29 is 9.18 Å². The first-order valence-corrected chi connectivity index (χ1v) is 9.92. The molecule has 0 spiro atoms. The van der Waals surface area contributed by atoms with E-state index < -0.39 is 0 Å². The van der Waals surface area contributed by atoms with Crippen LogP contribution in [-0.2, 0) is 18.4 Å². The second kappa shape index (κ2) is 8.75. The third kappa shape index (κ3) is 4.72. The van der Waals surface area contributed by atoms with Crippen LogP contribution in [0.4, 0.5) is 4.39 Å². The molecular formula is C20H20ClFN4OS. The molecule has 0 unspecified atom stereocenters. The molecule has 1 aromatic heterocycles. The minimum atomic E-state index is -0.362. The fraction of sp³-hybridized carbons (Fsp3) is 0.250. The number of hydrogen-bond donors (Lipinski definition) is 0. The molecule has 1 atom stereocenters. The van der Waals surface area contributed by atoms with E-state index in [2.05, 4.69) is 10.2 Å². The Balaban J connectivity index is 1.67. The predicted octanol–water partition coefficient (Wildman–Crippen LogP) is 4.41. The molecule has 2 aromatic carbocycles. The maximum absolute atomic E-state index is 13.3. The second-order valence-electron chi connectivity index (χ2n) is 6.46. The SMILES string of the molecule is C[C@@H](Sc1nnc(-c2ccc(Cl)cc2)n1C)C(=O)N(C)Cc1cccc(F)c1. The van der Waals surface area contributed by atoms with Crippen LogP contribution in [0.5, 0.6) is 0 Å². The van der Waals surface area contributed by atoms with Gasteiger partial charge in [-0.25, -0.2) is 4.39 Å². The van der Waals surface area contributed by atoms with E-state index in [1.165, 1.54) is 23.9 Å². The maximum Gasteiger partial charge on any atom is 0.235 e. The molecule has 3 rings (SSSR count). The van der Waals surface area contributed by atoms with Crippen LogP contribution in [0.2, 0.25) is 5.02 Å². The molecule has 0 aliphatic carbocycles. The Morgan fingerprint density at radius 1 is 1.25 bits per heavy atom. The highest BCUT2D eigenvalue weighted by atomic mass is 35.5. The molecule has 0 aliphatic rings. The van der Waals surface area contributed by atoms with E-state index in [-0.39, 0.29) is 17.0 Å². The molecule has 0 radical (unpaired) electrons. The molecular weight excluding hydrogens is 399 g/mol. The van der Waals surface area contributed by atoms with Crippen molar-refractivity contribution in [2.24, 2.45) is 7.05 Å². The lowest BCUT2D eigenvalue weighted by Crippen LogP contribution is -2.33. The van der Waals surface area contributed by atoms with Gasteiger partial charge in [0, 0.05) is 31.2 Å². The molecule has 0 fully saturated rings. The zero-order valence-corrected chi connectivity index (χ0v) is 17.3. The van der Waals surface area contributed by atoms with Crippen molar-refractivity contribution in [3.05, 3.63) is 64.9 Å². The summed E-state index contributed by atoms with van der Waals surface area (Å²) in [4.78, 5) is 14.3. The van der Waals surface area contributed by atoms with Gasteiger partial charge in [-0.05, 0) is 48.9 Å². The molecule has 8 heteroatoms. The van der Waals surface area contributed by atoms with Crippen molar-refractivity contribution in [2.75, 3.05) is 7.05 Å². The Labute approximate surface area is 172 Å². The number of rotatable bonds is 6. The predicted molar refractivity (Wildman–Crippen MR) is 110 cm³/mol. The first-order valence-electron chi connectivity index (χ1n) is 8.66. The van der Waals surface area contributed by atoms with Crippen molar-refractivity contribution in [2.45, 2.75) is 23.9 Å². The Morgan fingerprint density at radius 2 is 1.96 bits per heavy atom. The summed E-state index contributed by atoms with van der Waals surface area (Å²) in [6.07, 6.45) is 0. The van der Waals surface area contributed by atoms with Crippen LogP contribution in [0.3, 0.4) is 0 Å². The molecule has 28 heavy (non-hydrogen) atoms. The van der Waals surface area contributed by atoms with Gasteiger partial charge in [-0.1, -0.05) is 35.5 Å². The minimum Gasteiger partial charge on any atom is -0.340 e. The molecule has 0 N–H and O–H groups in total. The number of carbonyl (C=O) groups excluding carboxylic acids is 1. The van der Waals surface area contributed by atoms with Gasteiger partial charge in [-0.15, -0.1) is 10.2 Å². The Hall–Kier alpha value is -2.38. The number of thioether (sulfide) groups is 1. The number of aromatic nitrogens is 3. The molecule has 1 heterocycles. The van der Waals surface area contributed by atoms with Gasteiger partial charge in [0.2, 0.25) is 5.91 Å². The molecule has 146 valence electrons. The van der Waals surface area contributed by atoms with Gasteiger partial charge in [0.05, 0.1) is 5.25 Å². The van der Waals surface area contributed by atoms with Crippen molar-refractivity contribution in [3.63, 3.8) is 0 Å². The Kier molecular flexibility index (Phi) is 6.36. The average Bonchev–Trinajstić information content (AvgIpc) is 3.02. The quantitative estimate of drug-likeness (QED) is 0.556. The fourth-order valence-corrected chi connectivity index (χ4v) is 3.83. The number of nitrogens with zero attached hydrogens (tertiary/aromatic N) is 4. The van der Waals surface area contributed by atoms with Crippen LogP contribution < -0.4 is 0 Å². The van der Waals surface area contributed by atoms with Crippen molar-refractivity contribution in [3.8, 4) is 11.4 Å². The van der Waals surface area contributed by atoms with E-state index in [4.69, 9.17) is 11.6 Å². The Morgan fingerprint density at radius 3 is 2.64 bits per heavy atom. The van der Waals surface area contributed by atoms with Crippen LogP contribution in [0.1, 0.15) is 12.5 Å². The number of carbonyl (C=O) groups is 1. The van der Waals surface area contributed by atoms with Gasteiger partial charge in [0.1, 0.15) is 5.82 Å². The molecule has 0 saturated heterocycles. The topological polar surface area (TPSA) is 51.0 Å². The molecule has 3 aromatic rings. The monoisotopic (exact) mass is 418 g/mol. The summed E-state index contributed by atoms with van der Waals surface area (Å²) in [6.45, 7) is 2.17. The molecule has 5 nitrogen and oxygen atoms in total. The standard InChI is InChI=1S/C20H20ClFN4OS/c1-13(19(27)25(2)12-14-5-4-6-17(22)11-14)28-20-24-23-18(26(20)3)15-7-9-16(21)10-8-15/h4-11,13H,12H2,1-3H3/t13-/m1/s1. The van der Waals surface area contributed by atoms with Crippen LogP contribution >= 0.6 is 23.4 Å². The zero-order valence-electron chi connectivity index (χ0n) is 15.8. The smallest absolute Gasteiger partial charge is 0.235 e. The van der Waals surface area contributed by atoms with Gasteiger partial charge >= 0.3 is 0 Å². The Bertz CT molecular complexity index is 977.